The smallest absolute Gasteiger partial charge is 0.0931 e. The van der Waals surface area contributed by atoms with Crippen LogP contribution in [0.5, 0.6) is 0 Å². The van der Waals surface area contributed by atoms with E-state index in [9.17, 15) is 0 Å². The maximum absolute atomic E-state index is 8.65. The van der Waals surface area contributed by atoms with Crippen molar-refractivity contribution in [1.29, 1.82) is 0 Å². The van der Waals surface area contributed by atoms with Crippen molar-refractivity contribution < 1.29 is 5.11 Å². The molecule has 2 unspecified atom stereocenters. The summed E-state index contributed by atoms with van der Waals surface area (Å²) in [5.41, 5.74) is 0. The Labute approximate surface area is 108 Å². The summed E-state index contributed by atoms with van der Waals surface area (Å²) in [5.74, 6) is 1.89. The normalized spacial score (nSPS) is 23.7. The first-order chi connectivity index (χ1) is 8.29. The molecular formula is C15H31NO. The molecule has 0 heterocycles. The Morgan fingerprint density at radius 1 is 1.24 bits per heavy atom. The molecule has 0 saturated heterocycles. The fourth-order valence-electron chi connectivity index (χ4n) is 2.78. The lowest BCUT2D eigenvalue weighted by molar-refractivity contribution is 0.197. The molecule has 2 heteroatoms. The molecule has 2 nitrogen and oxygen atoms in total. The summed E-state index contributed by atoms with van der Waals surface area (Å²) in [7, 11) is 0. The molecule has 0 aliphatic heterocycles. The second-order valence-electron chi connectivity index (χ2n) is 4.95. The van der Waals surface area contributed by atoms with Gasteiger partial charge in [-0.3, -0.25) is 5.32 Å². The molecule has 2 atom stereocenters. The predicted molar refractivity (Wildman–Crippen MR) is 75.9 cm³/mol. The molecule has 0 spiro atoms. The molecule has 1 aliphatic rings. The van der Waals surface area contributed by atoms with Gasteiger partial charge >= 0.3 is 0 Å². The van der Waals surface area contributed by atoms with Crippen LogP contribution < -0.4 is 5.32 Å². The third-order valence-corrected chi connectivity index (χ3v) is 3.53. The SMILES string of the molecule is C=CC.CCCC1CCCCC1CCNCO. The highest BCUT2D eigenvalue weighted by Gasteiger charge is 2.23. The zero-order valence-electron chi connectivity index (χ0n) is 11.8. The van der Waals surface area contributed by atoms with E-state index in [0.717, 1.165) is 18.4 Å². The number of aliphatic hydroxyl groups is 1. The minimum absolute atomic E-state index is 0.130. The molecule has 1 aliphatic carbocycles. The molecule has 0 bridgehead atoms. The van der Waals surface area contributed by atoms with E-state index in [4.69, 9.17) is 5.11 Å². The molecule has 1 rings (SSSR count). The first kappa shape index (κ1) is 16.7. The molecule has 2 N–H and O–H groups in total. The maximum Gasteiger partial charge on any atom is 0.0931 e. The van der Waals surface area contributed by atoms with Crippen molar-refractivity contribution in [2.75, 3.05) is 13.3 Å². The Balaban J connectivity index is 0.000000770. The van der Waals surface area contributed by atoms with Gasteiger partial charge in [-0.15, -0.1) is 6.58 Å². The van der Waals surface area contributed by atoms with Crippen molar-refractivity contribution in [1.82, 2.24) is 5.32 Å². The lowest BCUT2D eigenvalue weighted by atomic mass is 9.75. The Morgan fingerprint density at radius 3 is 2.24 bits per heavy atom. The predicted octanol–water partition coefficient (Wildman–Crippen LogP) is 3.71. The first-order valence-corrected chi connectivity index (χ1v) is 7.18. The van der Waals surface area contributed by atoms with Crippen LogP contribution in [0.1, 0.15) is 58.8 Å². The summed E-state index contributed by atoms with van der Waals surface area (Å²) in [6.45, 7) is 8.66. The summed E-state index contributed by atoms with van der Waals surface area (Å²) in [6, 6.07) is 0. The van der Waals surface area contributed by atoms with Crippen molar-refractivity contribution in [3.63, 3.8) is 0 Å². The molecule has 1 fully saturated rings. The van der Waals surface area contributed by atoms with Gasteiger partial charge in [0.2, 0.25) is 0 Å². The van der Waals surface area contributed by atoms with Crippen LogP contribution in [0.25, 0.3) is 0 Å². The average Bonchev–Trinajstić information content (AvgIpc) is 2.33. The van der Waals surface area contributed by atoms with E-state index in [0.29, 0.717) is 0 Å². The third-order valence-electron chi connectivity index (χ3n) is 3.53. The van der Waals surface area contributed by atoms with Gasteiger partial charge in [0.1, 0.15) is 0 Å². The highest BCUT2D eigenvalue weighted by atomic mass is 16.3. The monoisotopic (exact) mass is 241 g/mol. The maximum atomic E-state index is 8.65. The second kappa shape index (κ2) is 12.1. The van der Waals surface area contributed by atoms with Crippen LogP contribution in [0.15, 0.2) is 12.7 Å². The largest absolute Gasteiger partial charge is 0.381 e. The molecule has 1 saturated carbocycles. The van der Waals surface area contributed by atoms with Gasteiger partial charge in [0.15, 0.2) is 0 Å². The van der Waals surface area contributed by atoms with Gasteiger partial charge in [-0.25, -0.2) is 0 Å². The third kappa shape index (κ3) is 8.39. The van der Waals surface area contributed by atoms with E-state index in [1.165, 1.54) is 44.9 Å². The van der Waals surface area contributed by atoms with Crippen LogP contribution in [0.4, 0.5) is 0 Å². The van der Waals surface area contributed by atoms with E-state index < -0.39 is 0 Å². The van der Waals surface area contributed by atoms with E-state index in [-0.39, 0.29) is 6.73 Å². The lowest BCUT2D eigenvalue weighted by Crippen LogP contribution is -2.25. The van der Waals surface area contributed by atoms with Crippen LogP contribution in [0.3, 0.4) is 0 Å². The van der Waals surface area contributed by atoms with Gasteiger partial charge in [0.05, 0.1) is 6.73 Å². The molecule has 0 aromatic heterocycles. The second-order valence-corrected chi connectivity index (χ2v) is 4.95. The van der Waals surface area contributed by atoms with Gasteiger partial charge in [-0.1, -0.05) is 51.5 Å². The van der Waals surface area contributed by atoms with E-state index in [1.54, 1.807) is 6.08 Å². The Bertz CT molecular complexity index is 168. The quantitative estimate of drug-likeness (QED) is 0.422. The van der Waals surface area contributed by atoms with Crippen LogP contribution in [-0.4, -0.2) is 18.4 Å². The number of aliphatic hydroxyl groups excluding tert-OH is 1. The molecule has 0 aromatic carbocycles. The van der Waals surface area contributed by atoms with Crippen LogP contribution in [0, 0.1) is 11.8 Å². The highest BCUT2D eigenvalue weighted by Crippen LogP contribution is 2.34. The number of allylic oxidation sites excluding steroid dienone is 1. The van der Waals surface area contributed by atoms with Crippen LogP contribution in [-0.2, 0) is 0 Å². The molecule has 0 radical (unpaired) electrons. The Morgan fingerprint density at radius 2 is 1.76 bits per heavy atom. The molecule has 0 amide bonds. The minimum atomic E-state index is 0.130. The summed E-state index contributed by atoms with van der Waals surface area (Å²) >= 11 is 0. The van der Waals surface area contributed by atoms with Crippen LogP contribution in [0.2, 0.25) is 0 Å². The van der Waals surface area contributed by atoms with Gasteiger partial charge in [-0.2, -0.15) is 0 Å². The van der Waals surface area contributed by atoms with Crippen molar-refractivity contribution in [2.24, 2.45) is 11.8 Å². The molecule has 0 aromatic rings. The lowest BCUT2D eigenvalue weighted by Gasteiger charge is -2.31. The zero-order valence-corrected chi connectivity index (χ0v) is 11.8. The molecule has 102 valence electrons. The van der Waals surface area contributed by atoms with Crippen LogP contribution >= 0.6 is 0 Å². The van der Waals surface area contributed by atoms with Crippen molar-refractivity contribution >= 4 is 0 Å². The zero-order chi connectivity index (χ0) is 12.9. The fourth-order valence-corrected chi connectivity index (χ4v) is 2.78. The average molecular weight is 241 g/mol. The van der Waals surface area contributed by atoms with Gasteiger partial charge < -0.3 is 5.11 Å². The van der Waals surface area contributed by atoms with Gasteiger partial charge in [0, 0.05) is 0 Å². The van der Waals surface area contributed by atoms with E-state index in [2.05, 4.69) is 18.8 Å². The number of rotatable bonds is 6. The van der Waals surface area contributed by atoms with E-state index in [1.807, 2.05) is 6.92 Å². The number of hydrogen-bond acceptors (Lipinski definition) is 2. The topological polar surface area (TPSA) is 32.3 Å². The summed E-state index contributed by atoms with van der Waals surface area (Å²) in [6.07, 6.45) is 11.5. The highest BCUT2D eigenvalue weighted by molar-refractivity contribution is 4.75. The first-order valence-electron chi connectivity index (χ1n) is 7.18. The van der Waals surface area contributed by atoms with Crippen molar-refractivity contribution in [3.8, 4) is 0 Å². The summed E-state index contributed by atoms with van der Waals surface area (Å²) in [5, 5.41) is 11.7. The Kier molecular flexibility index (Phi) is 11.9. The van der Waals surface area contributed by atoms with Gasteiger partial charge in [0.25, 0.3) is 0 Å². The molecular weight excluding hydrogens is 210 g/mol. The Hall–Kier alpha value is -0.340. The van der Waals surface area contributed by atoms with Crippen molar-refractivity contribution in [3.05, 3.63) is 12.7 Å². The number of nitrogens with one attached hydrogen (secondary N) is 1. The van der Waals surface area contributed by atoms with E-state index >= 15 is 0 Å². The summed E-state index contributed by atoms with van der Waals surface area (Å²) < 4.78 is 0. The number of hydrogen-bond donors (Lipinski definition) is 2. The minimum Gasteiger partial charge on any atom is -0.381 e. The molecule has 17 heavy (non-hydrogen) atoms. The fraction of sp³-hybridized carbons (Fsp3) is 0.867. The standard InChI is InChI=1S/C12H25NO.C3H6/c1-2-5-11-6-3-4-7-12(11)8-9-13-10-14;1-3-2/h11-14H,2-10H2,1H3;3H,1H2,2H3. The summed E-state index contributed by atoms with van der Waals surface area (Å²) in [4.78, 5) is 0. The van der Waals surface area contributed by atoms with Gasteiger partial charge in [-0.05, 0) is 31.7 Å². The van der Waals surface area contributed by atoms with Crippen molar-refractivity contribution in [2.45, 2.75) is 58.8 Å².